The number of aromatic nitrogens is 2. The van der Waals surface area contributed by atoms with Crippen LogP contribution in [0.5, 0.6) is 0 Å². The van der Waals surface area contributed by atoms with Crippen LogP contribution in [0.1, 0.15) is 24.4 Å². The van der Waals surface area contributed by atoms with Crippen molar-refractivity contribution in [3.05, 3.63) is 42.4 Å². The molecular weight excluding hydrogens is 190 g/mol. The summed E-state index contributed by atoms with van der Waals surface area (Å²) in [7, 11) is 1.98. The molecule has 2 aromatic heterocycles. The summed E-state index contributed by atoms with van der Waals surface area (Å²) in [5.41, 5.74) is 1.10. The van der Waals surface area contributed by atoms with Crippen molar-refractivity contribution < 1.29 is 4.42 Å². The number of rotatable bonds is 4. The van der Waals surface area contributed by atoms with E-state index in [1.54, 1.807) is 12.6 Å². The molecule has 0 saturated carbocycles. The molecule has 0 spiro atoms. The van der Waals surface area contributed by atoms with Gasteiger partial charge in [0, 0.05) is 7.05 Å². The average Bonchev–Trinajstić information content (AvgIpc) is 2.85. The molecule has 0 aliphatic rings. The summed E-state index contributed by atoms with van der Waals surface area (Å²) in [6.07, 6.45) is 5.34. The van der Waals surface area contributed by atoms with E-state index in [-0.39, 0.29) is 6.04 Å². The lowest BCUT2D eigenvalue weighted by atomic mass is 10.1. The van der Waals surface area contributed by atoms with Gasteiger partial charge >= 0.3 is 0 Å². The molecule has 2 aromatic rings. The fourth-order valence-electron chi connectivity index (χ4n) is 1.66. The molecule has 0 amide bonds. The highest BCUT2D eigenvalue weighted by molar-refractivity contribution is 5.18. The first kappa shape index (κ1) is 9.98. The Bertz CT molecular complexity index is 405. The summed E-state index contributed by atoms with van der Waals surface area (Å²) in [6, 6.07) is 3.95. The van der Waals surface area contributed by atoms with Gasteiger partial charge in [0.25, 0.3) is 0 Å². The van der Waals surface area contributed by atoms with Crippen LogP contribution in [0.3, 0.4) is 0 Å². The summed E-state index contributed by atoms with van der Waals surface area (Å²) in [6.45, 7) is 2.96. The number of nitrogens with one attached hydrogen (secondary N) is 1. The molecule has 0 fully saturated rings. The van der Waals surface area contributed by atoms with Crippen LogP contribution in [0.15, 0.2) is 35.3 Å². The topological polar surface area (TPSA) is 43.0 Å². The van der Waals surface area contributed by atoms with Crippen LogP contribution in [0.25, 0.3) is 0 Å². The van der Waals surface area contributed by atoms with Gasteiger partial charge in [-0.1, -0.05) is 6.92 Å². The average molecular weight is 205 g/mol. The minimum Gasteiger partial charge on any atom is -0.467 e. The van der Waals surface area contributed by atoms with Crippen molar-refractivity contribution >= 4 is 0 Å². The van der Waals surface area contributed by atoms with Crippen LogP contribution in [-0.2, 0) is 7.05 Å². The van der Waals surface area contributed by atoms with E-state index in [0.717, 1.165) is 18.0 Å². The van der Waals surface area contributed by atoms with Gasteiger partial charge in [-0.05, 0) is 18.7 Å². The predicted octanol–water partition coefficient (Wildman–Crippen LogP) is 1.71. The van der Waals surface area contributed by atoms with Gasteiger partial charge in [-0.25, -0.2) is 4.98 Å². The molecule has 0 radical (unpaired) electrons. The summed E-state index contributed by atoms with van der Waals surface area (Å²) in [4.78, 5) is 4.12. The van der Waals surface area contributed by atoms with Crippen LogP contribution in [0.2, 0.25) is 0 Å². The summed E-state index contributed by atoms with van der Waals surface area (Å²) >= 11 is 0. The van der Waals surface area contributed by atoms with E-state index in [0.29, 0.717) is 0 Å². The molecule has 15 heavy (non-hydrogen) atoms. The highest BCUT2D eigenvalue weighted by atomic mass is 16.3. The number of imidazole rings is 1. The van der Waals surface area contributed by atoms with E-state index in [2.05, 4.69) is 17.2 Å². The molecule has 4 heteroatoms. The van der Waals surface area contributed by atoms with Crippen molar-refractivity contribution in [3.8, 4) is 0 Å². The van der Waals surface area contributed by atoms with Crippen LogP contribution < -0.4 is 5.32 Å². The maximum Gasteiger partial charge on any atom is 0.126 e. The molecule has 80 valence electrons. The maximum atomic E-state index is 5.42. The Hall–Kier alpha value is -1.55. The van der Waals surface area contributed by atoms with E-state index in [9.17, 15) is 0 Å². The first-order valence-corrected chi connectivity index (χ1v) is 5.06. The number of hydrogen-bond acceptors (Lipinski definition) is 3. The number of furan rings is 1. The van der Waals surface area contributed by atoms with E-state index >= 15 is 0 Å². The van der Waals surface area contributed by atoms with Crippen molar-refractivity contribution in [3.63, 3.8) is 0 Å². The monoisotopic (exact) mass is 205 g/mol. The van der Waals surface area contributed by atoms with Crippen molar-refractivity contribution in [2.75, 3.05) is 6.54 Å². The molecule has 1 N–H and O–H groups in total. The lowest BCUT2D eigenvalue weighted by molar-refractivity contribution is 0.442. The molecule has 0 aliphatic carbocycles. The highest BCUT2D eigenvalue weighted by Gasteiger charge is 2.18. The van der Waals surface area contributed by atoms with Crippen LogP contribution in [0.4, 0.5) is 0 Å². The molecule has 0 aliphatic heterocycles. The van der Waals surface area contributed by atoms with Crippen molar-refractivity contribution in [2.45, 2.75) is 13.0 Å². The van der Waals surface area contributed by atoms with E-state index < -0.39 is 0 Å². The smallest absolute Gasteiger partial charge is 0.126 e. The molecule has 2 heterocycles. The van der Waals surface area contributed by atoms with E-state index in [1.165, 1.54) is 0 Å². The van der Waals surface area contributed by atoms with Gasteiger partial charge in [0.15, 0.2) is 0 Å². The number of nitrogens with zero attached hydrogens (tertiary/aromatic N) is 2. The summed E-state index contributed by atoms with van der Waals surface area (Å²) in [5, 5.41) is 3.37. The quantitative estimate of drug-likeness (QED) is 0.826. The van der Waals surface area contributed by atoms with Gasteiger partial charge in [0.1, 0.15) is 11.8 Å². The van der Waals surface area contributed by atoms with Gasteiger partial charge in [0.05, 0.1) is 24.5 Å². The molecule has 2 rings (SSSR count). The number of hydrogen-bond donors (Lipinski definition) is 1. The Balaban J connectivity index is 2.32. The SMILES string of the molecule is CCNC(c1ccco1)c1cncn1C. The second kappa shape index (κ2) is 4.31. The third kappa shape index (κ3) is 1.94. The van der Waals surface area contributed by atoms with Crippen LogP contribution >= 0.6 is 0 Å². The molecule has 1 unspecified atom stereocenters. The zero-order valence-corrected chi connectivity index (χ0v) is 8.97. The molecule has 1 atom stereocenters. The van der Waals surface area contributed by atoms with Gasteiger partial charge in [-0.3, -0.25) is 0 Å². The summed E-state index contributed by atoms with van der Waals surface area (Å²) in [5.74, 6) is 0.917. The first-order valence-electron chi connectivity index (χ1n) is 5.06. The van der Waals surface area contributed by atoms with Gasteiger partial charge < -0.3 is 14.3 Å². The molecule has 0 saturated heterocycles. The van der Waals surface area contributed by atoms with Crippen LogP contribution in [0, 0.1) is 0 Å². The van der Waals surface area contributed by atoms with Crippen molar-refractivity contribution in [2.24, 2.45) is 7.05 Å². The Morgan fingerprint density at radius 2 is 2.47 bits per heavy atom. The lowest BCUT2D eigenvalue weighted by Crippen LogP contribution is -2.23. The number of aryl methyl sites for hydroxylation is 1. The maximum absolute atomic E-state index is 5.42. The minimum absolute atomic E-state index is 0.0810. The largest absolute Gasteiger partial charge is 0.467 e. The molecule has 0 aromatic carbocycles. The Labute approximate surface area is 88.9 Å². The highest BCUT2D eigenvalue weighted by Crippen LogP contribution is 2.21. The second-order valence-corrected chi connectivity index (χ2v) is 3.44. The third-order valence-electron chi connectivity index (χ3n) is 2.39. The van der Waals surface area contributed by atoms with Crippen LogP contribution in [-0.4, -0.2) is 16.1 Å². The minimum atomic E-state index is 0.0810. The third-order valence-corrected chi connectivity index (χ3v) is 2.39. The fraction of sp³-hybridized carbons (Fsp3) is 0.364. The van der Waals surface area contributed by atoms with Gasteiger partial charge in [-0.15, -0.1) is 0 Å². The first-order chi connectivity index (χ1) is 7.33. The molecule has 4 nitrogen and oxygen atoms in total. The van der Waals surface area contributed by atoms with E-state index in [1.807, 2.05) is 29.9 Å². The van der Waals surface area contributed by atoms with Gasteiger partial charge in [0.2, 0.25) is 0 Å². The molecular formula is C11H15N3O. The standard InChI is InChI=1S/C11H15N3O/c1-3-13-11(10-5-4-6-15-10)9-7-12-8-14(9)2/h4-8,11,13H,3H2,1-2H3. The normalized spacial score (nSPS) is 12.9. The van der Waals surface area contributed by atoms with E-state index in [4.69, 9.17) is 4.42 Å². The second-order valence-electron chi connectivity index (χ2n) is 3.44. The Morgan fingerprint density at radius 1 is 1.60 bits per heavy atom. The van der Waals surface area contributed by atoms with Crippen molar-refractivity contribution in [1.82, 2.24) is 14.9 Å². The predicted molar refractivity (Wildman–Crippen MR) is 57.4 cm³/mol. The molecule has 0 bridgehead atoms. The Morgan fingerprint density at radius 3 is 3.00 bits per heavy atom. The zero-order chi connectivity index (χ0) is 10.7. The van der Waals surface area contributed by atoms with Crippen molar-refractivity contribution in [1.29, 1.82) is 0 Å². The van der Waals surface area contributed by atoms with Gasteiger partial charge in [-0.2, -0.15) is 0 Å². The lowest BCUT2D eigenvalue weighted by Gasteiger charge is -2.15. The fourth-order valence-corrected chi connectivity index (χ4v) is 1.66. The Kier molecular flexibility index (Phi) is 2.87. The zero-order valence-electron chi connectivity index (χ0n) is 8.97. The summed E-state index contributed by atoms with van der Waals surface area (Å²) < 4.78 is 7.42.